The number of hydrogen-bond donors (Lipinski definition) is 2. The smallest absolute Gasteiger partial charge is 0.138 e. The molecule has 22 heavy (non-hydrogen) atoms. The van der Waals surface area contributed by atoms with E-state index in [1.807, 2.05) is 30.3 Å². The van der Waals surface area contributed by atoms with Crippen molar-refractivity contribution in [2.24, 2.45) is 0 Å². The zero-order chi connectivity index (χ0) is 15.1. The molecule has 0 aliphatic rings. The summed E-state index contributed by atoms with van der Waals surface area (Å²) in [5.41, 5.74) is 3.83. The molecule has 2 N–H and O–H groups in total. The second-order valence-electron chi connectivity index (χ2n) is 5.04. The molecule has 2 heterocycles. The van der Waals surface area contributed by atoms with Crippen LogP contribution in [-0.2, 0) is 0 Å². The molecule has 0 spiro atoms. The molecule has 0 saturated carbocycles. The summed E-state index contributed by atoms with van der Waals surface area (Å²) in [6.45, 7) is 0. The van der Waals surface area contributed by atoms with Crippen LogP contribution in [0.3, 0.4) is 0 Å². The zero-order valence-electron chi connectivity index (χ0n) is 11.4. The third kappa shape index (κ3) is 2.28. The lowest BCUT2D eigenvalue weighted by molar-refractivity contribution is 1.35. The lowest BCUT2D eigenvalue weighted by Gasteiger charge is -2.07. The minimum Gasteiger partial charge on any atom is -0.355 e. The third-order valence-electron chi connectivity index (χ3n) is 3.58. The Kier molecular flexibility index (Phi) is 3.17. The molecule has 0 atom stereocenters. The van der Waals surface area contributed by atoms with Gasteiger partial charge in [-0.15, -0.1) is 0 Å². The average molecular weight is 328 g/mol. The molecular weight excluding hydrogens is 317 g/mol. The van der Waals surface area contributed by atoms with E-state index >= 15 is 0 Å². The summed E-state index contributed by atoms with van der Waals surface area (Å²) < 4.78 is 0. The van der Waals surface area contributed by atoms with Gasteiger partial charge in [0.25, 0.3) is 0 Å². The number of fused-ring (bicyclic) bond motifs is 3. The second kappa shape index (κ2) is 5.20. The van der Waals surface area contributed by atoms with Gasteiger partial charge >= 0.3 is 0 Å². The van der Waals surface area contributed by atoms with Gasteiger partial charge in [0.15, 0.2) is 0 Å². The van der Waals surface area contributed by atoms with Gasteiger partial charge in [0.1, 0.15) is 5.65 Å². The van der Waals surface area contributed by atoms with Crippen LogP contribution in [-0.4, -0.2) is 9.97 Å². The summed E-state index contributed by atoms with van der Waals surface area (Å²) in [5, 5.41) is 6.66. The highest BCUT2D eigenvalue weighted by molar-refractivity contribution is 6.42. The minimum atomic E-state index is 0.532. The normalized spacial score (nSPS) is 11.2. The van der Waals surface area contributed by atoms with Crippen molar-refractivity contribution in [2.75, 3.05) is 5.32 Å². The molecule has 0 saturated heterocycles. The first-order valence-corrected chi connectivity index (χ1v) is 7.55. The van der Waals surface area contributed by atoms with Crippen LogP contribution in [0.25, 0.3) is 21.9 Å². The van der Waals surface area contributed by atoms with Crippen molar-refractivity contribution in [3.05, 3.63) is 64.8 Å². The Labute approximate surface area is 136 Å². The number of pyridine rings is 1. The summed E-state index contributed by atoms with van der Waals surface area (Å²) in [7, 11) is 0. The Hall–Kier alpha value is -2.23. The first-order chi connectivity index (χ1) is 10.7. The van der Waals surface area contributed by atoms with E-state index in [1.165, 1.54) is 0 Å². The molecule has 5 heteroatoms. The van der Waals surface area contributed by atoms with Crippen molar-refractivity contribution in [1.82, 2.24) is 9.97 Å². The van der Waals surface area contributed by atoms with Gasteiger partial charge in [-0.2, -0.15) is 0 Å². The number of aromatic amines is 1. The van der Waals surface area contributed by atoms with Crippen LogP contribution in [0.1, 0.15) is 0 Å². The number of rotatable bonds is 2. The Morgan fingerprint density at radius 3 is 2.55 bits per heavy atom. The molecule has 3 nitrogen and oxygen atoms in total. The molecule has 4 aromatic rings. The van der Waals surface area contributed by atoms with Crippen LogP contribution in [0.5, 0.6) is 0 Å². The maximum Gasteiger partial charge on any atom is 0.138 e. The zero-order valence-corrected chi connectivity index (χ0v) is 12.9. The molecule has 0 aliphatic heterocycles. The Bertz CT molecular complexity index is 992. The van der Waals surface area contributed by atoms with E-state index in [-0.39, 0.29) is 0 Å². The SMILES string of the molecule is Clc1ccc(Nc2ccc3[nH]c4ncccc4c3c2)cc1Cl. The van der Waals surface area contributed by atoms with E-state index in [9.17, 15) is 0 Å². The minimum absolute atomic E-state index is 0.532. The number of halogens is 2. The molecule has 2 aromatic heterocycles. The summed E-state index contributed by atoms with van der Waals surface area (Å²) in [5.74, 6) is 0. The van der Waals surface area contributed by atoms with Gasteiger partial charge in [-0.1, -0.05) is 23.2 Å². The average Bonchev–Trinajstić information content (AvgIpc) is 2.89. The molecule has 0 fully saturated rings. The number of nitrogens with one attached hydrogen (secondary N) is 2. The van der Waals surface area contributed by atoms with E-state index in [0.717, 1.165) is 33.3 Å². The highest BCUT2D eigenvalue weighted by Crippen LogP contribution is 2.30. The maximum absolute atomic E-state index is 6.05. The van der Waals surface area contributed by atoms with Crippen molar-refractivity contribution in [2.45, 2.75) is 0 Å². The fourth-order valence-corrected chi connectivity index (χ4v) is 2.84. The number of nitrogens with zero attached hydrogens (tertiary/aromatic N) is 1. The number of H-pyrrole nitrogens is 1. The lowest BCUT2D eigenvalue weighted by atomic mass is 10.1. The molecule has 0 radical (unpaired) electrons. The molecule has 0 bridgehead atoms. The van der Waals surface area contributed by atoms with Crippen LogP contribution in [0.15, 0.2) is 54.7 Å². The highest BCUT2D eigenvalue weighted by Gasteiger charge is 2.06. The topological polar surface area (TPSA) is 40.7 Å². The van der Waals surface area contributed by atoms with Gasteiger partial charge < -0.3 is 10.3 Å². The Morgan fingerprint density at radius 1 is 0.864 bits per heavy atom. The molecule has 0 amide bonds. The summed E-state index contributed by atoms with van der Waals surface area (Å²) in [6.07, 6.45) is 1.78. The quantitative estimate of drug-likeness (QED) is 0.491. The fourth-order valence-electron chi connectivity index (χ4n) is 2.54. The van der Waals surface area contributed by atoms with Crippen LogP contribution >= 0.6 is 23.2 Å². The van der Waals surface area contributed by atoms with E-state index in [0.29, 0.717) is 10.0 Å². The Balaban J connectivity index is 1.78. The predicted molar refractivity (Wildman–Crippen MR) is 93.3 cm³/mol. The van der Waals surface area contributed by atoms with E-state index in [1.54, 1.807) is 12.3 Å². The van der Waals surface area contributed by atoms with Gasteiger partial charge in [0.05, 0.1) is 10.0 Å². The van der Waals surface area contributed by atoms with Crippen molar-refractivity contribution < 1.29 is 0 Å². The van der Waals surface area contributed by atoms with Crippen molar-refractivity contribution in [3.63, 3.8) is 0 Å². The Morgan fingerprint density at radius 2 is 1.68 bits per heavy atom. The van der Waals surface area contributed by atoms with E-state index < -0.39 is 0 Å². The standard InChI is InChI=1S/C17H11Cl2N3/c18-14-5-3-11(9-15(14)19)21-10-4-6-16-13(8-10)12-2-1-7-20-17(12)22-16/h1-9,21H,(H,20,22). The summed E-state index contributed by atoms with van der Waals surface area (Å²) in [6, 6.07) is 15.6. The third-order valence-corrected chi connectivity index (χ3v) is 4.32. The van der Waals surface area contributed by atoms with Crippen LogP contribution in [0.4, 0.5) is 11.4 Å². The molecule has 4 rings (SSSR count). The van der Waals surface area contributed by atoms with Crippen LogP contribution < -0.4 is 5.32 Å². The molecule has 0 unspecified atom stereocenters. The van der Waals surface area contributed by atoms with Gasteiger partial charge in [-0.05, 0) is 48.5 Å². The first kappa shape index (κ1) is 13.4. The second-order valence-corrected chi connectivity index (χ2v) is 5.85. The van der Waals surface area contributed by atoms with Crippen molar-refractivity contribution in [3.8, 4) is 0 Å². The van der Waals surface area contributed by atoms with Crippen LogP contribution in [0, 0.1) is 0 Å². The molecule has 2 aromatic carbocycles. The van der Waals surface area contributed by atoms with E-state index in [2.05, 4.69) is 27.4 Å². The van der Waals surface area contributed by atoms with Gasteiger partial charge in [0.2, 0.25) is 0 Å². The van der Waals surface area contributed by atoms with Gasteiger partial charge in [0, 0.05) is 33.9 Å². The van der Waals surface area contributed by atoms with Gasteiger partial charge in [-0.3, -0.25) is 0 Å². The largest absolute Gasteiger partial charge is 0.355 e. The first-order valence-electron chi connectivity index (χ1n) is 6.79. The highest BCUT2D eigenvalue weighted by atomic mass is 35.5. The van der Waals surface area contributed by atoms with Crippen LogP contribution in [0.2, 0.25) is 10.0 Å². The number of benzene rings is 2. The predicted octanol–water partition coefficient (Wildman–Crippen LogP) is 5.77. The number of anilines is 2. The summed E-state index contributed by atoms with van der Waals surface area (Å²) >= 11 is 12.0. The molecular formula is C17H11Cl2N3. The molecule has 108 valence electrons. The van der Waals surface area contributed by atoms with Gasteiger partial charge in [-0.25, -0.2) is 4.98 Å². The van der Waals surface area contributed by atoms with E-state index in [4.69, 9.17) is 23.2 Å². The molecule has 0 aliphatic carbocycles. The monoisotopic (exact) mass is 327 g/mol. The number of aromatic nitrogens is 2. The lowest BCUT2D eigenvalue weighted by Crippen LogP contribution is -1.89. The fraction of sp³-hybridized carbons (Fsp3) is 0. The number of hydrogen-bond acceptors (Lipinski definition) is 2. The maximum atomic E-state index is 6.05. The van der Waals surface area contributed by atoms with Crippen molar-refractivity contribution in [1.29, 1.82) is 0 Å². The summed E-state index contributed by atoms with van der Waals surface area (Å²) in [4.78, 5) is 7.65. The van der Waals surface area contributed by atoms with Crippen molar-refractivity contribution >= 4 is 56.5 Å².